The number of ether oxygens (including phenoxy) is 1. The molecule has 0 aromatic heterocycles. The minimum atomic E-state index is -0.961. The SMILES string of the molecule is CCC(C)(C)C(=O)Oc1ccc2cc(C(=O)O)ccc2c1. The molecule has 110 valence electrons. The highest BCUT2D eigenvalue weighted by molar-refractivity contribution is 5.95. The van der Waals surface area contributed by atoms with Crippen molar-refractivity contribution in [2.24, 2.45) is 5.41 Å². The van der Waals surface area contributed by atoms with Crippen LogP contribution in [0.5, 0.6) is 5.75 Å². The van der Waals surface area contributed by atoms with E-state index in [2.05, 4.69) is 0 Å². The third-order valence-electron chi connectivity index (χ3n) is 3.71. The molecule has 0 aliphatic heterocycles. The molecule has 0 saturated carbocycles. The van der Waals surface area contributed by atoms with Crippen LogP contribution in [0.4, 0.5) is 0 Å². The smallest absolute Gasteiger partial charge is 0.335 e. The summed E-state index contributed by atoms with van der Waals surface area (Å²) in [5, 5.41) is 10.6. The molecule has 4 nitrogen and oxygen atoms in total. The molecule has 0 bridgehead atoms. The van der Waals surface area contributed by atoms with Gasteiger partial charge in [0, 0.05) is 0 Å². The first-order chi connectivity index (χ1) is 9.83. The van der Waals surface area contributed by atoms with Gasteiger partial charge in [0.2, 0.25) is 0 Å². The highest BCUT2D eigenvalue weighted by Crippen LogP contribution is 2.26. The van der Waals surface area contributed by atoms with E-state index in [1.165, 1.54) is 6.07 Å². The molecule has 2 rings (SSSR count). The number of aromatic carboxylic acids is 1. The van der Waals surface area contributed by atoms with Crippen LogP contribution in [0.25, 0.3) is 10.8 Å². The summed E-state index contributed by atoms with van der Waals surface area (Å²) in [6.45, 7) is 5.63. The van der Waals surface area contributed by atoms with Crippen molar-refractivity contribution in [3.63, 3.8) is 0 Å². The largest absolute Gasteiger partial charge is 0.478 e. The Morgan fingerprint density at radius 3 is 2.33 bits per heavy atom. The highest BCUT2D eigenvalue weighted by Gasteiger charge is 2.27. The number of esters is 1. The molecule has 1 N–H and O–H groups in total. The van der Waals surface area contributed by atoms with Crippen LogP contribution in [0, 0.1) is 5.41 Å². The zero-order valence-electron chi connectivity index (χ0n) is 12.3. The third kappa shape index (κ3) is 3.21. The average molecular weight is 286 g/mol. The number of hydrogen-bond donors (Lipinski definition) is 1. The monoisotopic (exact) mass is 286 g/mol. The van der Waals surface area contributed by atoms with E-state index in [4.69, 9.17) is 9.84 Å². The van der Waals surface area contributed by atoms with Crippen molar-refractivity contribution >= 4 is 22.7 Å². The molecule has 0 unspecified atom stereocenters. The summed E-state index contributed by atoms with van der Waals surface area (Å²) in [6.07, 6.45) is 0.696. The van der Waals surface area contributed by atoms with Crippen LogP contribution >= 0.6 is 0 Å². The standard InChI is InChI=1S/C17H18O4/c1-4-17(2,3)16(20)21-14-8-7-11-9-13(15(18)19)6-5-12(11)10-14/h5-10H,4H2,1-3H3,(H,18,19). The summed E-state index contributed by atoms with van der Waals surface area (Å²) in [5.41, 5.74) is -0.290. The molecule has 0 atom stereocenters. The van der Waals surface area contributed by atoms with E-state index in [0.717, 1.165) is 10.8 Å². The first-order valence-corrected chi connectivity index (χ1v) is 6.83. The van der Waals surface area contributed by atoms with Gasteiger partial charge in [-0.05, 0) is 55.3 Å². The van der Waals surface area contributed by atoms with Crippen LogP contribution in [0.1, 0.15) is 37.6 Å². The van der Waals surface area contributed by atoms with Crippen molar-refractivity contribution in [1.82, 2.24) is 0 Å². The molecule has 0 aliphatic rings. The van der Waals surface area contributed by atoms with Gasteiger partial charge < -0.3 is 9.84 Å². The zero-order chi connectivity index (χ0) is 15.6. The Morgan fingerprint density at radius 1 is 1.10 bits per heavy atom. The minimum Gasteiger partial charge on any atom is -0.478 e. The van der Waals surface area contributed by atoms with Gasteiger partial charge in [-0.25, -0.2) is 4.79 Å². The van der Waals surface area contributed by atoms with E-state index < -0.39 is 11.4 Å². The maximum atomic E-state index is 12.0. The van der Waals surface area contributed by atoms with Gasteiger partial charge in [0.25, 0.3) is 0 Å². The molecule has 0 heterocycles. The quantitative estimate of drug-likeness (QED) is 0.684. The van der Waals surface area contributed by atoms with E-state index in [1.807, 2.05) is 20.8 Å². The van der Waals surface area contributed by atoms with E-state index >= 15 is 0 Å². The van der Waals surface area contributed by atoms with Crippen LogP contribution in [0.2, 0.25) is 0 Å². The maximum absolute atomic E-state index is 12.0. The van der Waals surface area contributed by atoms with E-state index in [-0.39, 0.29) is 11.5 Å². The second-order valence-electron chi connectivity index (χ2n) is 5.66. The fourth-order valence-electron chi connectivity index (χ4n) is 1.81. The van der Waals surface area contributed by atoms with Crippen molar-refractivity contribution in [2.45, 2.75) is 27.2 Å². The zero-order valence-corrected chi connectivity index (χ0v) is 12.3. The molecule has 0 aliphatic carbocycles. The molecule has 0 fully saturated rings. The van der Waals surface area contributed by atoms with Gasteiger partial charge in [-0.2, -0.15) is 0 Å². The number of carbonyl (C=O) groups is 2. The van der Waals surface area contributed by atoms with Gasteiger partial charge in [0.1, 0.15) is 5.75 Å². The third-order valence-corrected chi connectivity index (χ3v) is 3.71. The number of hydrogen-bond acceptors (Lipinski definition) is 3. The fraction of sp³-hybridized carbons (Fsp3) is 0.294. The first-order valence-electron chi connectivity index (χ1n) is 6.83. The Labute approximate surface area is 123 Å². The Bertz CT molecular complexity index is 701. The van der Waals surface area contributed by atoms with Crippen LogP contribution in [-0.2, 0) is 4.79 Å². The van der Waals surface area contributed by atoms with Crippen LogP contribution in [0.15, 0.2) is 36.4 Å². The Hall–Kier alpha value is -2.36. The van der Waals surface area contributed by atoms with Gasteiger partial charge in [-0.15, -0.1) is 0 Å². The van der Waals surface area contributed by atoms with Crippen LogP contribution in [0.3, 0.4) is 0 Å². The molecule has 2 aromatic carbocycles. The van der Waals surface area contributed by atoms with Crippen molar-refractivity contribution in [1.29, 1.82) is 0 Å². The highest BCUT2D eigenvalue weighted by atomic mass is 16.5. The first kappa shape index (κ1) is 15.0. The van der Waals surface area contributed by atoms with Gasteiger partial charge in [0.15, 0.2) is 0 Å². The molecule has 0 saturated heterocycles. The number of fused-ring (bicyclic) bond motifs is 1. The minimum absolute atomic E-state index is 0.236. The summed E-state index contributed by atoms with van der Waals surface area (Å²) in [7, 11) is 0. The molecule has 2 aromatic rings. The molecule has 0 amide bonds. The van der Waals surface area contributed by atoms with Crippen molar-refractivity contribution in [3.05, 3.63) is 42.0 Å². The summed E-state index contributed by atoms with van der Waals surface area (Å²) in [6, 6.07) is 10.0. The van der Waals surface area contributed by atoms with Crippen molar-refractivity contribution in [2.75, 3.05) is 0 Å². The molecule has 4 heteroatoms. The van der Waals surface area contributed by atoms with Crippen molar-refractivity contribution in [3.8, 4) is 5.75 Å². The van der Waals surface area contributed by atoms with Crippen LogP contribution in [-0.4, -0.2) is 17.0 Å². The lowest BCUT2D eigenvalue weighted by Gasteiger charge is -2.20. The van der Waals surface area contributed by atoms with Gasteiger partial charge >= 0.3 is 11.9 Å². The van der Waals surface area contributed by atoms with E-state index in [0.29, 0.717) is 12.2 Å². The second kappa shape index (κ2) is 5.56. The molecule has 21 heavy (non-hydrogen) atoms. The molecule has 0 spiro atoms. The Morgan fingerprint density at radius 2 is 1.71 bits per heavy atom. The lowest BCUT2D eigenvalue weighted by Crippen LogP contribution is -2.28. The average Bonchev–Trinajstić information content (AvgIpc) is 2.46. The predicted octanol–water partition coefficient (Wildman–Crippen LogP) is 3.88. The number of carbonyl (C=O) groups excluding carboxylic acids is 1. The van der Waals surface area contributed by atoms with Crippen molar-refractivity contribution < 1.29 is 19.4 Å². The van der Waals surface area contributed by atoms with Crippen LogP contribution < -0.4 is 4.74 Å². The fourth-order valence-corrected chi connectivity index (χ4v) is 1.81. The number of rotatable bonds is 4. The number of carboxylic acid groups (broad SMARTS) is 1. The normalized spacial score (nSPS) is 11.4. The maximum Gasteiger partial charge on any atom is 0.335 e. The molecular formula is C17H18O4. The summed E-state index contributed by atoms with van der Waals surface area (Å²) < 4.78 is 5.40. The van der Waals surface area contributed by atoms with E-state index in [9.17, 15) is 9.59 Å². The molecule has 0 radical (unpaired) electrons. The number of benzene rings is 2. The summed E-state index contributed by atoms with van der Waals surface area (Å²) in [5.74, 6) is -0.763. The van der Waals surface area contributed by atoms with Gasteiger partial charge in [-0.3, -0.25) is 4.79 Å². The summed E-state index contributed by atoms with van der Waals surface area (Å²) in [4.78, 5) is 23.0. The van der Waals surface area contributed by atoms with Gasteiger partial charge in [0.05, 0.1) is 11.0 Å². The topological polar surface area (TPSA) is 63.6 Å². The second-order valence-corrected chi connectivity index (χ2v) is 5.66. The lowest BCUT2D eigenvalue weighted by molar-refractivity contribution is -0.144. The lowest BCUT2D eigenvalue weighted by atomic mass is 9.91. The molecular weight excluding hydrogens is 268 g/mol. The summed E-state index contributed by atoms with van der Waals surface area (Å²) >= 11 is 0. The Balaban J connectivity index is 2.30. The van der Waals surface area contributed by atoms with Gasteiger partial charge in [-0.1, -0.05) is 19.1 Å². The predicted molar refractivity (Wildman–Crippen MR) is 80.6 cm³/mol. The number of carboxylic acids is 1. The Kier molecular flexibility index (Phi) is 3.98. The van der Waals surface area contributed by atoms with E-state index in [1.54, 1.807) is 30.3 Å².